The van der Waals surface area contributed by atoms with Gasteiger partial charge in [-0.3, -0.25) is 4.68 Å². The predicted octanol–water partition coefficient (Wildman–Crippen LogP) is 0.360. The third kappa shape index (κ3) is 3.49. The van der Waals surface area contributed by atoms with Crippen molar-refractivity contribution in [1.82, 2.24) is 14.5 Å². The molecule has 0 saturated heterocycles. The van der Waals surface area contributed by atoms with E-state index in [4.69, 9.17) is 10.5 Å². The van der Waals surface area contributed by atoms with Crippen molar-refractivity contribution in [3.05, 3.63) is 36.5 Å². The van der Waals surface area contributed by atoms with E-state index in [1.165, 1.54) is 16.9 Å². The van der Waals surface area contributed by atoms with E-state index < -0.39 is 10.0 Å². The van der Waals surface area contributed by atoms with Gasteiger partial charge in [0.15, 0.2) is 5.03 Å². The van der Waals surface area contributed by atoms with E-state index in [2.05, 4.69) is 9.82 Å². The Balaban J connectivity index is 1.84. The average molecular weight is 296 g/mol. The molecule has 0 aliphatic heterocycles. The average Bonchev–Trinajstić information content (AvgIpc) is 2.84. The van der Waals surface area contributed by atoms with Crippen LogP contribution in [0, 0.1) is 0 Å². The standard InChI is InChI=1S/C12H16N4O3S/c1-16-12(6-7-14-16)20(17,18)15-8-9-19-11-4-2-10(13)3-5-11/h2-7,15H,8-9,13H2,1H3. The molecule has 2 rings (SSSR count). The van der Waals surface area contributed by atoms with Gasteiger partial charge in [-0.25, -0.2) is 13.1 Å². The highest BCUT2D eigenvalue weighted by Crippen LogP contribution is 2.12. The van der Waals surface area contributed by atoms with Crippen molar-refractivity contribution >= 4 is 15.7 Å². The van der Waals surface area contributed by atoms with Crippen LogP contribution in [0.1, 0.15) is 0 Å². The van der Waals surface area contributed by atoms with Crippen LogP contribution in [0.4, 0.5) is 5.69 Å². The number of aromatic nitrogens is 2. The van der Waals surface area contributed by atoms with E-state index in [9.17, 15) is 8.42 Å². The summed E-state index contributed by atoms with van der Waals surface area (Å²) < 4.78 is 33.0. The Kier molecular flexibility index (Phi) is 4.26. The molecule has 1 heterocycles. The van der Waals surface area contributed by atoms with Crippen molar-refractivity contribution in [2.75, 3.05) is 18.9 Å². The van der Waals surface area contributed by atoms with Gasteiger partial charge in [-0.2, -0.15) is 5.10 Å². The molecule has 108 valence electrons. The number of rotatable bonds is 6. The van der Waals surface area contributed by atoms with Gasteiger partial charge < -0.3 is 10.5 Å². The Morgan fingerprint density at radius 2 is 2.00 bits per heavy atom. The molecule has 0 unspecified atom stereocenters. The lowest BCUT2D eigenvalue weighted by Gasteiger charge is -2.08. The first-order valence-electron chi connectivity index (χ1n) is 5.95. The minimum atomic E-state index is -3.56. The lowest BCUT2D eigenvalue weighted by molar-refractivity contribution is 0.322. The second kappa shape index (κ2) is 5.93. The highest BCUT2D eigenvalue weighted by atomic mass is 32.2. The molecule has 0 radical (unpaired) electrons. The zero-order valence-corrected chi connectivity index (χ0v) is 11.8. The number of nitrogens with two attached hydrogens (primary N) is 1. The summed E-state index contributed by atoms with van der Waals surface area (Å²) >= 11 is 0. The van der Waals surface area contributed by atoms with Crippen LogP contribution in [0.15, 0.2) is 41.6 Å². The predicted molar refractivity (Wildman–Crippen MR) is 74.7 cm³/mol. The van der Waals surface area contributed by atoms with E-state index in [1.807, 2.05) is 0 Å². The summed E-state index contributed by atoms with van der Waals surface area (Å²) in [5, 5.41) is 3.94. The molecule has 3 N–H and O–H groups in total. The third-order valence-electron chi connectivity index (χ3n) is 2.59. The second-order valence-electron chi connectivity index (χ2n) is 4.11. The maximum Gasteiger partial charge on any atom is 0.257 e. The Bertz CT molecular complexity index is 664. The number of hydrogen-bond donors (Lipinski definition) is 2. The first-order chi connectivity index (χ1) is 9.49. The SMILES string of the molecule is Cn1nccc1S(=O)(=O)NCCOc1ccc(N)cc1. The van der Waals surface area contributed by atoms with Crippen LogP contribution in [-0.2, 0) is 17.1 Å². The van der Waals surface area contributed by atoms with Gasteiger partial charge in [0, 0.05) is 19.3 Å². The normalized spacial score (nSPS) is 11.4. The van der Waals surface area contributed by atoms with Gasteiger partial charge in [-0.15, -0.1) is 0 Å². The first kappa shape index (κ1) is 14.4. The summed E-state index contributed by atoms with van der Waals surface area (Å²) in [5.74, 6) is 0.638. The Morgan fingerprint density at radius 3 is 2.60 bits per heavy atom. The summed E-state index contributed by atoms with van der Waals surface area (Å²) in [6.07, 6.45) is 1.43. The molecule has 7 nitrogen and oxygen atoms in total. The van der Waals surface area contributed by atoms with Gasteiger partial charge in [-0.05, 0) is 30.3 Å². The van der Waals surface area contributed by atoms with Crippen LogP contribution in [-0.4, -0.2) is 31.3 Å². The zero-order valence-electron chi connectivity index (χ0n) is 11.0. The number of sulfonamides is 1. The fourth-order valence-electron chi connectivity index (χ4n) is 1.61. The van der Waals surface area contributed by atoms with Crippen molar-refractivity contribution in [3.8, 4) is 5.75 Å². The molecule has 20 heavy (non-hydrogen) atoms. The smallest absolute Gasteiger partial charge is 0.257 e. The number of aryl methyl sites for hydroxylation is 1. The quantitative estimate of drug-likeness (QED) is 0.592. The summed E-state index contributed by atoms with van der Waals surface area (Å²) in [6, 6.07) is 8.32. The van der Waals surface area contributed by atoms with Crippen molar-refractivity contribution in [1.29, 1.82) is 0 Å². The first-order valence-corrected chi connectivity index (χ1v) is 7.43. The number of nitrogens with zero attached hydrogens (tertiary/aromatic N) is 2. The highest BCUT2D eigenvalue weighted by molar-refractivity contribution is 7.89. The minimum Gasteiger partial charge on any atom is -0.492 e. The molecule has 0 spiro atoms. The van der Waals surface area contributed by atoms with Crippen LogP contribution in [0.5, 0.6) is 5.75 Å². The van der Waals surface area contributed by atoms with Crippen LogP contribution in [0.2, 0.25) is 0 Å². The summed E-state index contributed by atoms with van der Waals surface area (Å²) in [4.78, 5) is 0. The number of anilines is 1. The molecule has 0 bridgehead atoms. The lowest BCUT2D eigenvalue weighted by Crippen LogP contribution is -2.29. The third-order valence-corrected chi connectivity index (χ3v) is 4.13. The van der Waals surface area contributed by atoms with Gasteiger partial charge in [0.05, 0.1) is 6.20 Å². The molecular formula is C12H16N4O3S. The fourth-order valence-corrected chi connectivity index (χ4v) is 2.74. The van der Waals surface area contributed by atoms with Crippen molar-refractivity contribution in [2.45, 2.75) is 5.03 Å². The summed E-state index contributed by atoms with van der Waals surface area (Å²) in [6.45, 7) is 0.388. The largest absolute Gasteiger partial charge is 0.492 e. The van der Waals surface area contributed by atoms with Crippen LogP contribution in [0.3, 0.4) is 0 Å². The second-order valence-corrected chi connectivity index (χ2v) is 5.82. The van der Waals surface area contributed by atoms with Gasteiger partial charge >= 0.3 is 0 Å². The maximum atomic E-state index is 11.9. The molecule has 0 fully saturated rings. The monoisotopic (exact) mass is 296 g/mol. The Labute approximate surface area is 117 Å². The molecule has 8 heteroatoms. The van der Waals surface area contributed by atoms with E-state index >= 15 is 0 Å². The molecule has 0 amide bonds. The topological polar surface area (TPSA) is 99.2 Å². The number of benzene rings is 1. The molecule has 1 aromatic carbocycles. The van der Waals surface area contributed by atoms with Crippen molar-refractivity contribution in [2.24, 2.45) is 7.05 Å². The number of nitrogen functional groups attached to an aromatic ring is 1. The lowest BCUT2D eigenvalue weighted by atomic mass is 10.3. The van der Waals surface area contributed by atoms with Gasteiger partial charge in [0.2, 0.25) is 0 Å². The zero-order chi connectivity index (χ0) is 14.6. The van der Waals surface area contributed by atoms with Crippen molar-refractivity contribution < 1.29 is 13.2 Å². The summed E-state index contributed by atoms with van der Waals surface area (Å²) in [5.41, 5.74) is 6.20. The van der Waals surface area contributed by atoms with Crippen molar-refractivity contribution in [3.63, 3.8) is 0 Å². The molecule has 0 atom stereocenters. The molecule has 0 aliphatic rings. The Hall–Kier alpha value is -2.06. The molecule has 2 aromatic rings. The molecular weight excluding hydrogens is 280 g/mol. The van der Waals surface area contributed by atoms with Gasteiger partial charge in [0.1, 0.15) is 12.4 Å². The van der Waals surface area contributed by atoms with E-state index in [-0.39, 0.29) is 18.2 Å². The van der Waals surface area contributed by atoms with Gasteiger partial charge in [0.25, 0.3) is 10.0 Å². The van der Waals surface area contributed by atoms with Crippen LogP contribution >= 0.6 is 0 Å². The van der Waals surface area contributed by atoms with E-state index in [0.29, 0.717) is 11.4 Å². The number of hydrogen-bond acceptors (Lipinski definition) is 5. The maximum absolute atomic E-state index is 11.9. The number of nitrogens with one attached hydrogen (secondary N) is 1. The molecule has 0 aliphatic carbocycles. The molecule has 1 aromatic heterocycles. The fraction of sp³-hybridized carbons (Fsp3) is 0.250. The summed E-state index contributed by atoms with van der Waals surface area (Å²) in [7, 11) is -1.99. The molecule has 0 saturated carbocycles. The van der Waals surface area contributed by atoms with Crippen LogP contribution < -0.4 is 15.2 Å². The number of ether oxygens (including phenoxy) is 1. The minimum absolute atomic E-state index is 0.116. The van der Waals surface area contributed by atoms with E-state index in [1.54, 1.807) is 31.3 Å². The van der Waals surface area contributed by atoms with Crippen LogP contribution in [0.25, 0.3) is 0 Å². The van der Waals surface area contributed by atoms with E-state index in [0.717, 1.165) is 0 Å². The Morgan fingerprint density at radius 1 is 1.30 bits per heavy atom. The highest BCUT2D eigenvalue weighted by Gasteiger charge is 2.16. The van der Waals surface area contributed by atoms with Gasteiger partial charge in [-0.1, -0.05) is 0 Å².